The highest BCUT2D eigenvalue weighted by atomic mass is 16.5. The minimum atomic E-state index is -0.926. The first-order chi connectivity index (χ1) is 19.6. The topological polar surface area (TPSA) is 62.7 Å². The maximum absolute atomic E-state index is 14.3. The van der Waals surface area contributed by atoms with Gasteiger partial charge < -0.3 is 4.74 Å². The number of anilines is 2. The molecule has 0 spiro atoms. The van der Waals surface area contributed by atoms with E-state index in [4.69, 9.17) is 9.72 Å². The Labute approximate surface area is 235 Å². The average molecular weight is 534 g/mol. The summed E-state index contributed by atoms with van der Waals surface area (Å²) in [6, 6.07) is 23.8. The Morgan fingerprint density at radius 3 is 2.20 bits per heavy atom. The average Bonchev–Trinajstić information content (AvgIpc) is 3.15. The predicted octanol–water partition coefficient (Wildman–Crippen LogP) is 6.40. The van der Waals surface area contributed by atoms with Crippen LogP contribution in [0.2, 0.25) is 0 Å². The molecule has 40 heavy (non-hydrogen) atoms. The SMILES string of the molecule is CCCN1CCc2nc3ccccc3c(C(=O)OC(CC)C(=O)N3c4ccccc4CCc4ccccc43)c2C1. The Balaban J connectivity index is 1.38. The van der Waals surface area contributed by atoms with Gasteiger partial charge in [-0.2, -0.15) is 0 Å². The molecule has 6 rings (SSSR count). The van der Waals surface area contributed by atoms with E-state index in [1.54, 1.807) is 4.90 Å². The molecule has 1 unspecified atom stereocenters. The number of carbonyl (C=O) groups is 2. The van der Waals surface area contributed by atoms with Crippen LogP contribution in [0.5, 0.6) is 0 Å². The van der Waals surface area contributed by atoms with Crippen molar-refractivity contribution < 1.29 is 14.3 Å². The van der Waals surface area contributed by atoms with Crippen molar-refractivity contribution in [2.24, 2.45) is 0 Å². The van der Waals surface area contributed by atoms with Crippen molar-refractivity contribution in [2.45, 2.75) is 58.6 Å². The molecule has 0 fully saturated rings. The highest BCUT2D eigenvalue weighted by Crippen LogP contribution is 2.37. The molecular weight excluding hydrogens is 498 g/mol. The van der Waals surface area contributed by atoms with Gasteiger partial charge in [-0.3, -0.25) is 19.6 Å². The second-order valence-corrected chi connectivity index (χ2v) is 10.7. The summed E-state index contributed by atoms with van der Waals surface area (Å²) in [6.07, 6.45) is 2.97. The summed E-state index contributed by atoms with van der Waals surface area (Å²) in [5.41, 5.74) is 7.14. The second kappa shape index (κ2) is 11.2. The van der Waals surface area contributed by atoms with Crippen molar-refractivity contribution in [1.82, 2.24) is 9.88 Å². The van der Waals surface area contributed by atoms with Gasteiger partial charge in [-0.05, 0) is 61.6 Å². The van der Waals surface area contributed by atoms with Gasteiger partial charge in [0.05, 0.1) is 22.5 Å². The van der Waals surface area contributed by atoms with Gasteiger partial charge >= 0.3 is 5.97 Å². The van der Waals surface area contributed by atoms with Gasteiger partial charge in [0.1, 0.15) is 0 Å². The number of aromatic nitrogens is 1. The molecule has 1 atom stereocenters. The molecule has 0 bridgehead atoms. The predicted molar refractivity (Wildman–Crippen MR) is 158 cm³/mol. The molecule has 0 saturated heterocycles. The van der Waals surface area contributed by atoms with Gasteiger partial charge in [-0.15, -0.1) is 0 Å². The smallest absolute Gasteiger partial charge is 0.340 e. The van der Waals surface area contributed by atoms with Crippen LogP contribution in [-0.2, 0) is 35.3 Å². The maximum atomic E-state index is 14.3. The van der Waals surface area contributed by atoms with Crippen LogP contribution < -0.4 is 4.90 Å². The van der Waals surface area contributed by atoms with Crippen LogP contribution >= 0.6 is 0 Å². The molecule has 0 N–H and O–H groups in total. The number of hydrogen-bond donors (Lipinski definition) is 0. The van der Waals surface area contributed by atoms with Gasteiger partial charge in [0.2, 0.25) is 0 Å². The zero-order chi connectivity index (χ0) is 27.6. The van der Waals surface area contributed by atoms with Crippen molar-refractivity contribution in [3.8, 4) is 0 Å². The van der Waals surface area contributed by atoms with Gasteiger partial charge in [0, 0.05) is 36.2 Å². The molecule has 1 amide bonds. The van der Waals surface area contributed by atoms with Crippen LogP contribution in [0.15, 0.2) is 72.8 Å². The lowest BCUT2D eigenvalue weighted by atomic mass is 9.95. The number of fused-ring (bicyclic) bond motifs is 4. The Hall–Kier alpha value is -4.03. The minimum Gasteiger partial charge on any atom is -0.449 e. The van der Waals surface area contributed by atoms with E-state index in [1.807, 2.05) is 67.6 Å². The Kier molecular flexibility index (Phi) is 7.35. The Bertz CT molecular complexity index is 1530. The van der Waals surface area contributed by atoms with Crippen LogP contribution in [0.1, 0.15) is 59.4 Å². The zero-order valence-corrected chi connectivity index (χ0v) is 23.2. The number of pyridine rings is 1. The van der Waals surface area contributed by atoms with E-state index in [-0.39, 0.29) is 5.91 Å². The molecule has 2 aliphatic heterocycles. The van der Waals surface area contributed by atoms with Crippen molar-refractivity contribution in [2.75, 3.05) is 18.0 Å². The lowest BCUT2D eigenvalue weighted by molar-refractivity contribution is -0.126. The fraction of sp³-hybridized carbons (Fsp3) is 0.324. The van der Waals surface area contributed by atoms with E-state index in [0.29, 0.717) is 18.5 Å². The largest absolute Gasteiger partial charge is 0.449 e. The fourth-order valence-electron chi connectivity index (χ4n) is 6.14. The van der Waals surface area contributed by atoms with Crippen molar-refractivity contribution in [1.29, 1.82) is 0 Å². The molecular formula is C34H35N3O3. The van der Waals surface area contributed by atoms with Crippen LogP contribution in [0.25, 0.3) is 10.9 Å². The second-order valence-electron chi connectivity index (χ2n) is 10.7. The molecule has 0 saturated carbocycles. The molecule has 0 radical (unpaired) electrons. The van der Waals surface area contributed by atoms with Crippen LogP contribution in [0.4, 0.5) is 11.4 Å². The third-order valence-electron chi connectivity index (χ3n) is 8.11. The van der Waals surface area contributed by atoms with Crippen molar-refractivity contribution in [3.05, 3.63) is 101 Å². The number of carbonyl (C=O) groups excluding carboxylic acids is 2. The van der Waals surface area contributed by atoms with E-state index in [9.17, 15) is 9.59 Å². The van der Waals surface area contributed by atoms with E-state index in [0.717, 1.165) is 83.4 Å². The van der Waals surface area contributed by atoms with E-state index in [2.05, 4.69) is 24.0 Å². The molecule has 6 heteroatoms. The number of benzene rings is 3. The standard InChI is InChI=1S/C34H35N3O3/c1-3-20-36-21-19-28-26(22-36)32(25-13-7-8-14-27(25)35-28)34(39)40-31(4-2)33(38)37-29-15-9-5-11-23(29)17-18-24-12-6-10-16-30(24)37/h5-16,31H,3-4,17-22H2,1-2H3. The molecule has 4 aromatic rings. The van der Waals surface area contributed by atoms with Crippen LogP contribution in [0, 0.1) is 0 Å². The first-order valence-electron chi connectivity index (χ1n) is 14.4. The molecule has 3 heterocycles. The quantitative estimate of drug-likeness (QED) is 0.268. The summed E-state index contributed by atoms with van der Waals surface area (Å²) in [6.45, 7) is 6.60. The fourth-order valence-corrected chi connectivity index (χ4v) is 6.14. The number of nitrogens with zero attached hydrogens (tertiary/aromatic N) is 3. The molecule has 1 aromatic heterocycles. The molecule has 204 valence electrons. The van der Waals surface area contributed by atoms with Crippen molar-refractivity contribution in [3.63, 3.8) is 0 Å². The first-order valence-corrected chi connectivity index (χ1v) is 14.4. The summed E-state index contributed by atoms with van der Waals surface area (Å²) in [5.74, 6) is -0.678. The van der Waals surface area contributed by atoms with Gasteiger partial charge in [-0.1, -0.05) is 68.4 Å². The number of ether oxygens (including phenoxy) is 1. The van der Waals surface area contributed by atoms with E-state index < -0.39 is 12.1 Å². The van der Waals surface area contributed by atoms with Crippen LogP contribution in [0.3, 0.4) is 0 Å². The third kappa shape index (κ3) is 4.77. The first kappa shape index (κ1) is 26.2. The Morgan fingerprint density at radius 2 is 1.52 bits per heavy atom. The summed E-state index contributed by atoms with van der Waals surface area (Å²) < 4.78 is 6.16. The lowest BCUT2D eigenvalue weighted by Crippen LogP contribution is -2.39. The highest BCUT2D eigenvalue weighted by molar-refractivity contribution is 6.08. The van der Waals surface area contributed by atoms with Gasteiger partial charge in [0.25, 0.3) is 5.91 Å². The summed E-state index contributed by atoms with van der Waals surface area (Å²) in [4.78, 5) is 37.4. The third-order valence-corrected chi connectivity index (χ3v) is 8.11. The normalized spacial score (nSPS) is 15.5. The van der Waals surface area contributed by atoms with E-state index in [1.165, 1.54) is 0 Å². The highest BCUT2D eigenvalue weighted by Gasteiger charge is 2.34. The molecule has 2 aliphatic rings. The molecule has 6 nitrogen and oxygen atoms in total. The number of aryl methyl sites for hydroxylation is 2. The number of amides is 1. The zero-order valence-electron chi connectivity index (χ0n) is 23.2. The monoisotopic (exact) mass is 533 g/mol. The van der Waals surface area contributed by atoms with E-state index >= 15 is 0 Å². The maximum Gasteiger partial charge on any atom is 0.340 e. The van der Waals surface area contributed by atoms with Crippen LogP contribution in [-0.4, -0.2) is 41.0 Å². The number of hydrogen-bond acceptors (Lipinski definition) is 5. The Morgan fingerprint density at radius 1 is 0.875 bits per heavy atom. The molecule has 0 aliphatic carbocycles. The molecule has 3 aromatic carbocycles. The van der Waals surface area contributed by atoms with Gasteiger partial charge in [-0.25, -0.2) is 4.79 Å². The number of rotatable bonds is 6. The number of para-hydroxylation sites is 3. The summed E-state index contributed by atoms with van der Waals surface area (Å²) in [7, 11) is 0. The lowest BCUT2D eigenvalue weighted by Gasteiger charge is -2.31. The summed E-state index contributed by atoms with van der Waals surface area (Å²) >= 11 is 0. The summed E-state index contributed by atoms with van der Waals surface area (Å²) in [5, 5.41) is 0.775. The van der Waals surface area contributed by atoms with Crippen molar-refractivity contribution >= 4 is 34.2 Å². The minimum absolute atomic E-state index is 0.225. The number of esters is 1. The van der Waals surface area contributed by atoms with Gasteiger partial charge in [0.15, 0.2) is 6.10 Å².